The molecule has 50 heavy (non-hydrogen) atoms. The smallest absolute Gasteiger partial charge is 0.0440 e. The average molecular weight is 669 g/mol. The SMILES string of the molecule is c1ccc(-c2c3ccccc3c(-c3cccc(-c4cc5sc6ccccc6c5c5ccc6c7ccccc7sc6c45)c3)c3ccccc23)cc1. The third kappa shape index (κ3) is 4.04. The minimum Gasteiger partial charge on any atom is -0.135 e. The highest BCUT2D eigenvalue weighted by Gasteiger charge is 2.20. The summed E-state index contributed by atoms with van der Waals surface area (Å²) >= 11 is 3.83. The zero-order valence-corrected chi connectivity index (χ0v) is 28.6. The number of benzene rings is 9. The fraction of sp³-hybridized carbons (Fsp3) is 0. The summed E-state index contributed by atoms with van der Waals surface area (Å²) in [5.41, 5.74) is 7.62. The lowest BCUT2D eigenvalue weighted by molar-refractivity contribution is 1.64. The van der Waals surface area contributed by atoms with Gasteiger partial charge in [-0.1, -0.05) is 146 Å². The first kappa shape index (κ1) is 28.1. The molecule has 2 heteroatoms. The molecule has 0 saturated carbocycles. The van der Waals surface area contributed by atoms with Crippen molar-refractivity contribution in [2.24, 2.45) is 0 Å². The van der Waals surface area contributed by atoms with Gasteiger partial charge in [-0.2, -0.15) is 0 Å². The van der Waals surface area contributed by atoms with Gasteiger partial charge in [0.15, 0.2) is 0 Å². The van der Waals surface area contributed by atoms with E-state index in [1.807, 2.05) is 22.7 Å². The van der Waals surface area contributed by atoms with Crippen LogP contribution in [0.2, 0.25) is 0 Å². The number of rotatable bonds is 3. The molecule has 0 nitrogen and oxygen atoms in total. The summed E-state index contributed by atoms with van der Waals surface area (Å²) in [6, 6.07) is 63.0. The second-order valence-electron chi connectivity index (χ2n) is 13.1. The molecule has 0 aliphatic heterocycles. The fourth-order valence-corrected chi connectivity index (χ4v) is 10.8. The quantitative estimate of drug-likeness (QED) is 0.164. The molecule has 0 spiro atoms. The van der Waals surface area contributed by atoms with Crippen molar-refractivity contribution < 1.29 is 0 Å². The molecule has 0 aliphatic carbocycles. The van der Waals surface area contributed by atoms with E-state index in [1.54, 1.807) is 0 Å². The maximum absolute atomic E-state index is 2.47. The Kier molecular flexibility index (Phi) is 6.09. The van der Waals surface area contributed by atoms with Gasteiger partial charge in [-0.05, 0) is 84.6 Å². The Labute approximate surface area is 297 Å². The highest BCUT2D eigenvalue weighted by Crippen LogP contribution is 2.49. The molecule has 2 aromatic heterocycles. The van der Waals surface area contributed by atoms with E-state index >= 15 is 0 Å². The minimum atomic E-state index is 1.24. The third-order valence-corrected chi connectivity index (χ3v) is 12.8. The van der Waals surface area contributed by atoms with Gasteiger partial charge in [0.1, 0.15) is 0 Å². The molecule has 0 atom stereocenters. The van der Waals surface area contributed by atoms with Crippen molar-refractivity contribution in [1.82, 2.24) is 0 Å². The molecule has 0 aliphatic rings. The number of hydrogen-bond donors (Lipinski definition) is 0. The van der Waals surface area contributed by atoms with Crippen LogP contribution >= 0.6 is 22.7 Å². The lowest BCUT2D eigenvalue weighted by Crippen LogP contribution is -1.91. The summed E-state index contributed by atoms with van der Waals surface area (Å²) in [7, 11) is 0. The largest absolute Gasteiger partial charge is 0.135 e. The summed E-state index contributed by atoms with van der Waals surface area (Å²) in [5, 5.41) is 13.2. The Bertz CT molecular complexity index is 3080. The molecule has 11 rings (SSSR count). The monoisotopic (exact) mass is 668 g/mol. The Balaban J connectivity index is 1.24. The predicted molar refractivity (Wildman–Crippen MR) is 221 cm³/mol. The second-order valence-corrected chi connectivity index (χ2v) is 15.3. The molecule has 0 N–H and O–H groups in total. The Morgan fingerprint density at radius 1 is 0.280 bits per heavy atom. The first-order valence-electron chi connectivity index (χ1n) is 17.1. The van der Waals surface area contributed by atoms with Crippen LogP contribution in [-0.2, 0) is 0 Å². The summed E-state index contributed by atoms with van der Waals surface area (Å²) in [4.78, 5) is 0. The highest BCUT2D eigenvalue weighted by atomic mass is 32.1. The zero-order valence-electron chi connectivity index (χ0n) is 27.0. The second kappa shape index (κ2) is 10.9. The van der Waals surface area contributed by atoms with E-state index in [9.17, 15) is 0 Å². The molecule has 0 unspecified atom stereocenters. The van der Waals surface area contributed by atoms with Gasteiger partial charge >= 0.3 is 0 Å². The van der Waals surface area contributed by atoms with Crippen molar-refractivity contribution in [2.75, 3.05) is 0 Å². The van der Waals surface area contributed by atoms with Crippen LogP contribution in [0.4, 0.5) is 0 Å². The molecule has 9 aromatic carbocycles. The first-order chi connectivity index (χ1) is 24.8. The summed E-state index contributed by atoms with van der Waals surface area (Å²) < 4.78 is 5.37. The van der Waals surface area contributed by atoms with Gasteiger partial charge in [0, 0.05) is 45.7 Å². The highest BCUT2D eigenvalue weighted by molar-refractivity contribution is 7.27. The molecule has 0 amide bonds. The van der Waals surface area contributed by atoms with E-state index < -0.39 is 0 Å². The van der Waals surface area contributed by atoms with Crippen molar-refractivity contribution >= 4 is 95.3 Å². The van der Waals surface area contributed by atoms with Crippen LogP contribution in [0.5, 0.6) is 0 Å². The zero-order chi connectivity index (χ0) is 32.8. The van der Waals surface area contributed by atoms with Crippen LogP contribution < -0.4 is 0 Å². The van der Waals surface area contributed by atoms with E-state index in [2.05, 4.69) is 170 Å². The molecular formula is C48H28S2. The van der Waals surface area contributed by atoms with Crippen molar-refractivity contribution in [3.8, 4) is 33.4 Å². The molecule has 0 fully saturated rings. The number of fused-ring (bicyclic) bond motifs is 11. The molecule has 0 radical (unpaired) electrons. The van der Waals surface area contributed by atoms with E-state index in [4.69, 9.17) is 0 Å². The number of hydrogen-bond acceptors (Lipinski definition) is 2. The molecule has 2 heterocycles. The molecule has 11 aromatic rings. The minimum absolute atomic E-state index is 1.24. The maximum atomic E-state index is 2.47. The van der Waals surface area contributed by atoms with Crippen molar-refractivity contribution in [3.63, 3.8) is 0 Å². The summed E-state index contributed by atoms with van der Waals surface area (Å²) in [5.74, 6) is 0. The van der Waals surface area contributed by atoms with Gasteiger partial charge in [0.25, 0.3) is 0 Å². The van der Waals surface area contributed by atoms with E-state index in [1.165, 1.54) is 106 Å². The normalized spacial score (nSPS) is 12.0. The van der Waals surface area contributed by atoms with Crippen molar-refractivity contribution in [1.29, 1.82) is 0 Å². The predicted octanol–water partition coefficient (Wildman–Crippen LogP) is 14.9. The standard InChI is InChI=1S/C48H28S2/c1-2-13-29(14-3-1)44-33-18-4-6-20-35(33)45(36-21-7-5-19-34(36)44)31-16-12-15-30(27-31)40-28-43-46(38-22-9-11-24-42(38)49-43)39-26-25-37-32-17-8-10-23-41(32)50-48(37)47(39)40/h1-28H. The van der Waals surface area contributed by atoms with Gasteiger partial charge in [0.2, 0.25) is 0 Å². The summed E-state index contributed by atoms with van der Waals surface area (Å²) in [6.07, 6.45) is 0. The Morgan fingerprint density at radius 3 is 1.50 bits per heavy atom. The van der Waals surface area contributed by atoms with E-state index in [0.29, 0.717) is 0 Å². The first-order valence-corrected chi connectivity index (χ1v) is 18.7. The van der Waals surface area contributed by atoms with Gasteiger partial charge in [-0.3, -0.25) is 0 Å². The molecule has 0 saturated heterocycles. The van der Waals surface area contributed by atoms with Crippen LogP contribution in [0.3, 0.4) is 0 Å². The van der Waals surface area contributed by atoms with Crippen LogP contribution in [0.25, 0.3) is 106 Å². The van der Waals surface area contributed by atoms with Crippen LogP contribution in [-0.4, -0.2) is 0 Å². The maximum Gasteiger partial charge on any atom is 0.0440 e. The summed E-state index contributed by atoms with van der Waals surface area (Å²) in [6.45, 7) is 0. The van der Waals surface area contributed by atoms with Crippen LogP contribution in [0.1, 0.15) is 0 Å². The van der Waals surface area contributed by atoms with Gasteiger partial charge < -0.3 is 0 Å². The average Bonchev–Trinajstić information content (AvgIpc) is 3.75. The Hall–Kier alpha value is -5.80. The lowest BCUT2D eigenvalue weighted by atomic mass is 9.85. The number of thiophene rings is 2. The molecule has 232 valence electrons. The van der Waals surface area contributed by atoms with Gasteiger partial charge in [0.05, 0.1) is 0 Å². The Morgan fingerprint density at radius 2 is 0.800 bits per heavy atom. The van der Waals surface area contributed by atoms with Crippen molar-refractivity contribution in [2.45, 2.75) is 0 Å². The van der Waals surface area contributed by atoms with E-state index in [-0.39, 0.29) is 0 Å². The fourth-order valence-electron chi connectivity index (χ4n) is 8.34. The van der Waals surface area contributed by atoms with Crippen molar-refractivity contribution in [3.05, 3.63) is 170 Å². The topological polar surface area (TPSA) is 0 Å². The van der Waals surface area contributed by atoms with Gasteiger partial charge in [-0.15, -0.1) is 22.7 Å². The van der Waals surface area contributed by atoms with Crippen LogP contribution in [0.15, 0.2) is 170 Å². The van der Waals surface area contributed by atoms with Gasteiger partial charge in [-0.25, -0.2) is 0 Å². The molecule has 0 bridgehead atoms. The van der Waals surface area contributed by atoms with E-state index in [0.717, 1.165) is 0 Å². The molecular weight excluding hydrogens is 641 g/mol. The third-order valence-electron chi connectivity index (χ3n) is 10.4. The lowest BCUT2D eigenvalue weighted by Gasteiger charge is -2.18. The van der Waals surface area contributed by atoms with Crippen LogP contribution in [0, 0.1) is 0 Å².